The third-order valence-corrected chi connectivity index (χ3v) is 7.14. The van der Waals surface area contributed by atoms with Crippen LogP contribution in [0.15, 0.2) is 47.3 Å². The molecule has 2 fully saturated rings. The summed E-state index contributed by atoms with van der Waals surface area (Å²) in [6, 6.07) is 7.43. The zero-order chi connectivity index (χ0) is 26.7. The first kappa shape index (κ1) is 26.0. The Balaban J connectivity index is 1.28. The smallest absolute Gasteiger partial charge is 0.424 e. The highest BCUT2D eigenvalue weighted by atomic mass is 19.4. The lowest BCUT2D eigenvalue weighted by molar-refractivity contribution is -0.145. The van der Waals surface area contributed by atoms with Gasteiger partial charge in [0, 0.05) is 29.8 Å². The summed E-state index contributed by atoms with van der Waals surface area (Å²) in [7, 11) is 0. The highest BCUT2D eigenvalue weighted by Crippen LogP contribution is 2.30. The van der Waals surface area contributed by atoms with Crippen molar-refractivity contribution in [2.75, 3.05) is 16.8 Å². The van der Waals surface area contributed by atoms with E-state index in [2.05, 4.69) is 30.5 Å². The van der Waals surface area contributed by atoms with Crippen LogP contribution in [0.5, 0.6) is 0 Å². The van der Waals surface area contributed by atoms with Gasteiger partial charge in [0.15, 0.2) is 5.76 Å². The number of alkyl halides is 3. The summed E-state index contributed by atoms with van der Waals surface area (Å²) in [5.41, 5.74) is 7.06. The molecule has 2 aromatic heterocycles. The van der Waals surface area contributed by atoms with Gasteiger partial charge in [0.2, 0.25) is 11.7 Å². The summed E-state index contributed by atoms with van der Waals surface area (Å²) in [5, 5.41) is 7.17. The molecule has 3 heterocycles. The molecule has 12 heteroatoms. The number of rotatable bonds is 7. The molecule has 1 aliphatic carbocycles. The molecule has 4 N–H and O–H groups in total. The Hall–Kier alpha value is -3.67. The van der Waals surface area contributed by atoms with Gasteiger partial charge in [-0.05, 0) is 44.2 Å². The van der Waals surface area contributed by atoms with E-state index in [0.29, 0.717) is 35.1 Å². The van der Waals surface area contributed by atoms with Crippen LogP contribution in [-0.4, -0.2) is 45.7 Å². The van der Waals surface area contributed by atoms with E-state index < -0.39 is 17.9 Å². The maximum atomic E-state index is 12.9. The fourth-order valence-electron chi connectivity index (χ4n) is 5.24. The van der Waals surface area contributed by atoms with E-state index in [9.17, 15) is 18.0 Å². The lowest BCUT2D eigenvalue weighted by Crippen LogP contribution is -2.57. The first-order chi connectivity index (χ1) is 18.3. The minimum atomic E-state index is -4.57. The van der Waals surface area contributed by atoms with Gasteiger partial charge in [-0.3, -0.25) is 10.1 Å². The van der Waals surface area contributed by atoms with Crippen molar-refractivity contribution in [3.63, 3.8) is 0 Å². The first-order valence-electron chi connectivity index (χ1n) is 12.8. The Labute approximate surface area is 218 Å². The molecule has 5 rings (SSSR count). The Kier molecular flexibility index (Phi) is 7.50. The second kappa shape index (κ2) is 11.0. The first-order valence-corrected chi connectivity index (χ1v) is 12.8. The predicted octanol–water partition coefficient (Wildman–Crippen LogP) is 4.58. The zero-order valence-corrected chi connectivity index (χ0v) is 20.7. The summed E-state index contributed by atoms with van der Waals surface area (Å²) >= 11 is 0. The number of nitrogens with two attached hydrogens (primary N) is 1. The van der Waals surface area contributed by atoms with Crippen LogP contribution < -0.4 is 21.3 Å². The maximum absolute atomic E-state index is 12.9. The number of carbonyl (C=O) groups is 1. The molecule has 0 bridgehead atoms. The largest absolute Gasteiger partial charge is 0.451 e. The van der Waals surface area contributed by atoms with Crippen LogP contribution in [0.25, 0.3) is 11.3 Å². The van der Waals surface area contributed by atoms with E-state index in [0.717, 1.165) is 44.9 Å². The fourth-order valence-corrected chi connectivity index (χ4v) is 5.24. The van der Waals surface area contributed by atoms with Crippen LogP contribution in [0.2, 0.25) is 0 Å². The normalized spacial score (nSPS) is 22.3. The molecule has 38 heavy (non-hydrogen) atoms. The molecule has 3 aromatic rings. The number of halogens is 3. The standard InChI is InChI=1S/C26H30F3N7O2/c27-26(28,29)24-31-13-18(14-32-24)36-11-4-3-10-22(36)34-19-8-1-2-9-20(19)35-25-33-15-21(38-25)16-6-5-7-17(12-16)23(30)37/h5-7,12-15,19-20,22,34H,1-4,8-11H2,(H2,30,37)(H,33,35)/t19-,20-,22+/m1/s1. The van der Waals surface area contributed by atoms with Gasteiger partial charge < -0.3 is 20.4 Å². The highest BCUT2D eigenvalue weighted by molar-refractivity contribution is 5.93. The Morgan fingerprint density at radius 2 is 1.74 bits per heavy atom. The molecule has 1 saturated heterocycles. The van der Waals surface area contributed by atoms with Gasteiger partial charge in [-0.1, -0.05) is 25.0 Å². The number of hydrogen-bond donors (Lipinski definition) is 3. The van der Waals surface area contributed by atoms with Crippen molar-refractivity contribution in [1.29, 1.82) is 0 Å². The number of oxazole rings is 1. The van der Waals surface area contributed by atoms with Crippen LogP contribution >= 0.6 is 0 Å². The van der Waals surface area contributed by atoms with Crippen molar-refractivity contribution in [2.24, 2.45) is 5.73 Å². The minimum Gasteiger partial charge on any atom is -0.424 e. The van der Waals surface area contributed by atoms with Gasteiger partial charge in [-0.15, -0.1) is 0 Å². The predicted molar refractivity (Wildman–Crippen MR) is 135 cm³/mol. The number of carbonyl (C=O) groups excluding carboxylic acids is 1. The van der Waals surface area contributed by atoms with Crippen LogP contribution in [0.3, 0.4) is 0 Å². The third kappa shape index (κ3) is 5.90. The zero-order valence-electron chi connectivity index (χ0n) is 20.7. The second-order valence-electron chi connectivity index (χ2n) is 9.75. The van der Waals surface area contributed by atoms with Crippen molar-refractivity contribution < 1.29 is 22.4 Å². The number of nitrogens with zero attached hydrogens (tertiary/aromatic N) is 4. The molecule has 2 aliphatic rings. The molecule has 0 unspecified atom stereocenters. The average molecular weight is 530 g/mol. The molecule has 1 amide bonds. The van der Waals surface area contributed by atoms with Gasteiger partial charge >= 0.3 is 6.18 Å². The third-order valence-electron chi connectivity index (χ3n) is 7.14. The van der Waals surface area contributed by atoms with Crippen LogP contribution in [-0.2, 0) is 6.18 Å². The molecule has 1 saturated carbocycles. The van der Waals surface area contributed by atoms with Crippen LogP contribution in [0.1, 0.15) is 61.1 Å². The van der Waals surface area contributed by atoms with E-state index in [1.54, 1.807) is 24.4 Å². The lowest BCUT2D eigenvalue weighted by Gasteiger charge is -2.42. The molecule has 1 aromatic carbocycles. The number of nitrogens with one attached hydrogen (secondary N) is 2. The Morgan fingerprint density at radius 1 is 1.00 bits per heavy atom. The summed E-state index contributed by atoms with van der Waals surface area (Å²) in [6.45, 7) is 0.713. The van der Waals surface area contributed by atoms with Gasteiger partial charge in [0.25, 0.3) is 6.01 Å². The van der Waals surface area contributed by atoms with E-state index in [-0.39, 0.29) is 18.2 Å². The Morgan fingerprint density at radius 3 is 2.47 bits per heavy atom. The lowest BCUT2D eigenvalue weighted by atomic mass is 9.89. The van der Waals surface area contributed by atoms with Gasteiger partial charge in [-0.2, -0.15) is 13.2 Å². The van der Waals surface area contributed by atoms with Crippen molar-refractivity contribution in [2.45, 2.75) is 69.4 Å². The summed E-state index contributed by atoms with van der Waals surface area (Å²) < 4.78 is 44.7. The SMILES string of the molecule is NC(=O)c1cccc(-c2cnc(N[C@@H]3CCCC[C@H]3N[C@@H]3CCCCN3c3cnc(C(F)(F)F)nc3)o2)c1. The number of primary amides is 1. The van der Waals surface area contributed by atoms with Crippen molar-refractivity contribution in [3.05, 3.63) is 54.2 Å². The molecule has 3 atom stereocenters. The van der Waals surface area contributed by atoms with Crippen molar-refractivity contribution in [1.82, 2.24) is 20.3 Å². The molecule has 0 spiro atoms. The van der Waals surface area contributed by atoms with Crippen molar-refractivity contribution >= 4 is 17.6 Å². The van der Waals surface area contributed by atoms with E-state index >= 15 is 0 Å². The average Bonchev–Trinajstić information content (AvgIpc) is 3.38. The maximum Gasteiger partial charge on any atom is 0.451 e. The van der Waals surface area contributed by atoms with Gasteiger partial charge in [0.05, 0.1) is 30.4 Å². The second-order valence-corrected chi connectivity index (χ2v) is 9.75. The fraction of sp³-hybridized carbons (Fsp3) is 0.462. The molecular weight excluding hydrogens is 499 g/mol. The topological polar surface area (TPSA) is 122 Å². The van der Waals surface area contributed by atoms with Gasteiger partial charge in [-0.25, -0.2) is 15.0 Å². The van der Waals surface area contributed by atoms with Crippen molar-refractivity contribution in [3.8, 4) is 11.3 Å². The van der Waals surface area contributed by atoms with Crippen LogP contribution in [0, 0.1) is 0 Å². The number of hydrogen-bond acceptors (Lipinski definition) is 8. The number of anilines is 2. The van der Waals surface area contributed by atoms with E-state index in [4.69, 9.17) is 10.2 Å². The molecule has 9 nitrogen and oxygen atoms in total. The molecule has 202 valence electrons. The van der Waals surface area contributed by atoms with Crippen LogP contribution in [0.4, 0.5) is 24.9 Å². The molecular formula is C26H30F3N7O2. The minimum absolute atomic E-state index is 0.0480. The molecule has 0 radical (unpaired) electrons. The summed E-state index contributed by atoms with van der Waals surface area (Å²) in [5.74, 6) is -1.12. The number of amides is 1. The quantitative estimate of drug-likeness (QED) is 0.407. The van der Waals surface area contributed by atoms with E-state index in [1.165, 1.54) is 12.4 Å². The monoisotopic (exact) mass is 529 g/mol. The Bertz CT molecular complexity index is 1250. The number of piperidine rings is 1. The highest BCUT2D eigenvalue weighted by Gasteiger charge is 2.35. The summed E-state index contributed by atoms with van der Waals surface area (Å²) in [6.07, 6.45) is 6.34. The van der Waals surface area contributed by atoms with Gasteiger partial charge in [0.1, 0.15) is 0 Å². The molecule has 1 aliphatic heterocycles. The number of aromatic nitrogens is 3. The summed E-state index contributed by atoms with van der Waals surface area (Å²) in [4.78, 5) is 25.1. The number of benzene rings is 1. The van der Waals surface area contributed by atoms with E-state index in [1.807, 2.05) is 6.07 Å².